The molecule has 4 nitrogen and oxygen atoms in total. The third-order valence-electron chi connectivity index (χ3n) is 2.25. The molecule has 0 aliphatic carbocycles. The van der Waals surface area contributed by atoms with Crippen LogP contribution in [0.1, 0.15) is 10.4 Å². The Morgan fingerprint density at radius 3 is 2.78 bits per heavy atom. The third kappa shape index (κ3) is 2.76. The molecule has 0 fully saturated rings. The second kappa shape index (κ2) is 5.30. The lowest BCUT2D eigenvalue weighted by molar-refractivity contribution is 0.102. The quantitative estimate of drug-likeness (QED) is 0.810. The fraction of sp³-hybridized carbons (Fsp3) is 0. The van der Waals surface area contributed by atoms with Gasteiger partial charge in [-0.05, 0) is 40.8 Å². The van der Waals surface area contributed by atoms with Crippen LogP contribution >= 0.6 is 22.6 Å². The van der Waals surface area contributed by atoms with Crippen molar-refractivity contribution in [1.82, 2.24) is 4.98 Å². The summed E-state index contributed by atoms with van der Waals surface area (Å²) in [7, 11) is 0. The minimum atomic E-state index is -0.527. The molecular formula is C12H8FIN2O2. The molecule has 0 unspecified atom stereocenters. The molecule has 0 aliphatic heterocycles. The summed E-state index contributed by atoms with van der Waals surface area (Å²) in [5, 5.41) is 2.56. The minimum Gasteiger partial charge on any atom is -0.367 e. The van der Waals surface area contributed by atoms with E-state index in [2.05, 4.69) is 10.3 Å². The molecule has 92 valence electrons. The molecule has 1 amide bonds. The van der Waals surface area contributed by atoms with Crippen LogP contribution < -0.4 is 10.7 Å². The summed E-state index contributed by atoms with van der Waals surface area (Å²) in [5.74, 6) is -0.906. The van der Waals surface area contributed by atoms with Gasteiger partial charge < -0.3 is 10.3 Å². The zero-order valence-corrected chi connectivity index (χ0v) is 11.2. The summed E-state index contributed by atoms with van der Waals surface area (Å²) >= 11 is 1.91. The molecule has 1 heterocycles. The smallest absolute Gasteiger partial charge is 0.261 e. The van der Waals surface area contributed by atoms with E-state index in [1.165, 1.54) is 36.7 Å². The first kappa shape index (κ1) is 12.7. The van der Waals surface area contributed by atoms with Crippen LogP contribution in [-0.4, -0.2) is 10.9 Å². The van der Waals surface area contributed by atoms with Gasteiger partial charge in [0.05, 0.1) is 5.69 Å². The summed E-state index contributed by atoms with van der Waals surface area (Å²) in [4.78, 5) is 26.0. The summed E-state index contributed by atoms with van der Waals surface area (Å²) in [6.07, 6.45) is 2.77. The Morgan fingerprint density at radius 1 is 1.33 bits per heavy atom. The number of rotatable bonds is 2. The number of amides is 1. The highest BCUT2D eigenvalue weighted by molar-refractivity contribution is 14.1. The third-order valence-corrected chi connectivity index (χ3v) is 3.14. The SMILES string of the molecule is O=C(Nc1ccc(F)cc1I)c1c[nH]ccc1=O. The topological polar surface area (TPSA) is 62.0 Å². The number of pyridine rings is 1. The van der Waals surface area contributed by atoms with Crippen molar-refractivity contribution in [3.05, 3.63) is 61.8 Å². The summed E-state index contributed by atoms with van der Waals surface area (Å²) in [6.45, 7) is 0. The fourth-order valence-corrected chi connectivity index (χ4v) is 1.99. The van der Waals surface area contributed by atoms with E-state index in [1.54, 1.807) is 0 Å². The second-order valence-electron chi connectivity index (χ2n) is 3.50. The van der Waals surface area contributed by atoms with Crippen molar-refractivity contribution < 1.29 is 9.18 Å². The largest absolute Gasteiger partial charge is 0.367 e. The lowest BCUT2D eigenvalue weighted by Crippen LogP contribution is -2.21. The molecule has 2 aromatic rings. The Labute approximate surface area is 115 Å². The van der Waals surface area contributed by atoms with Gasteiger partial charge in [-0.2, -0.15) is 0 Å². The number of halogens is 2. The van der Waals surface area contributed by atoms with E-state index in [4.69, 9.17) is 0 Å². The van der Waals surface area contributed by atoms with Crippen molar-refractivity contribution >= 4 is 34.2 Å². The molecule has 1 aromatic heterocycles. The highest BCUT2D eigenvalue weighted by atomic mass is 127. The van der Waals surface area contributed by atoms with Crippen LogP contribution in [0.5, 0.6) is 0 Å². The van der Waals surface area contributed by atoms with Crippen LogP contribution in [0.2, 0.25) is 0 Å². The molecule has 0 atom stereocenters. The van der Waals surface area contributed by atoms with Crippen LogP contribution in [0.4, 0.5) is 10.1 Å². The van der Waals surface area contributed by atoms with Gasteiger partial charge in [-0.25, -0.2) is 4.39 Å². The fourth-order valence-electron chi connectivity index (χ4n) is 1.37. The summed E-state index contributed by atoms with van der Waals surface area (Å²) < 4.78 is 13.5. The van der Waals surface area contributed by atoms with Gasteiger partial charge in [-0.1, -0.05) is 0 Å². The maximum Gasteiger partial charge on any atom is 0.261 e. The molecule has 2 N–H and O–H groups in total. The lowest BCUT2D eigenvalue weighted by atomic mass is 10.2. The van der Waals surface area contributed by atoms with Crippen LogP contribution in [0.15, 0.2) is 41.5 Å². The van der Waals surface area contributed by atoms with Crippen molar-refractivity contribution in [3.8, 4) is 0 Å². The summed E-state index contributed by atoms with van der Waals surface area (Å²) in [6, 6.07) is 5.26. The van der Waals surface area contributed by atoms with Crippen molar-refractivity contribution in [2.75, 3.05) is 5.32 Å². The monoisotopic (exact) mass is 358 g/mol. The Bertz CT molecular complexity index is 655. The number of anilines is 1. The van der Waals surface area contributed by atoms with Crippen LogP contribution in [0, 0.1) is 9.39 Å². The van der Waals surface area contributed by atoms with Gasteiger partial charge in [0.2, 0.25) is 0 Å². The van der Waals surface area contributed by atoms with Gasteiger partial charge in [0.15, 0.2) is 5.43 Å². The molecule has 2 rings (SSSR count). The average molecular weight is 358 g/mol. The van der Waals surface area contributed by atoms with Crippen molar-refractivity contribution in [1.29, 1.82) is 0 Å². The predicted molar refractivity (Wildman–Crippen MR) is 74.1 cm³/mol. The van der Waals surface area contributed by atoms with Gasteiger partial charge >= 0.3 is 0 Å². The normalized spacial score (nSPS) is 10.1. The van der Waals surface area contributed by atoms with E-state index in [1.807, 2.05) is 22.6 Å². The first-order valence-electron chi connectivity index (χ1n) is 5.01. The number of hydrogen-bond donors (Lipinski definition) is 2. The molecule has 0 saturated carbocycles. The second-order valence-corrected chi connectivity index (χ2v) is 4.66. The van der Waals surface area contributed by atoms with Gasteiger partial charge in [-0.15, -0.1) is 0 Å². The molecule has 1 aromatic carbocycles. The van der Waals surface area contributed by atoms with Crippen LogP contribution in [0.3, 0.4) is 0 Å². The van der Waals surface area contributed by atoms with Crippen molar-refractivity contribution in [2.24, 2.45) is 0 Å². The van der Waals surface area contributed by atoms with Gasteiger partial charge in [-0.3, -0.25) is 9.59 Å². The first-order valence-corrected chi connectivity index (χ1v) is 6.09. The lowest BCUT2D eigenvalue weighted by Gasteiger charge is -2.06. The van der Waals surface area contributed by atoms with E-state index < -0.39 is 5.91 Å². The molecule has 0 spiro atoms. The number of carbonyl (C=O) groups is 1. The van der Waals surface area contributed by atoms with E-state index in [0.717, 1.165) is 0 Å². The molecule has 0 bridgehead atoms. The molecule has 18 heavy (non-hydrogen) atoms. The number of H-pyrrole nitrogens is 1. The van der Waals surface area contributed by atoms with Crippen LogP contribution in [-0.2, 0) is 0 Å². The molecule has 0 radical (unpaired) electrons. The zero-order valence-electron chi connectivity index (χ0n) is 9.04. The first-order chi connectivity index (χ1) is 8.58. The number of hydrogen-bond acceptors (Lipinski definition) is 2. The van der Waals surface area contributed by atoms with Gasteiger partial charge in [0.1, 0.15) is 11.4 Å². The standard InChI is InChI=1S/C12H8FIN2O2/c13-7-1-2-10(9(14)5-7)16-12(18)8-6-15-4-3-11(8)17/h1-6H,(H,15,17)(H,16,18). The zero-order chi connectivity index (χ0) is 13.1. The Balaban J connectivity index is 2.27. The predicted octanol–water partition coefficient (Wildman–Crippen LogP) is 2.37. The van der Waals surface area contributed by atoms with Crippen molar-refractivity contribution in [3.63, 3.8) is 0 Å². The van der Waals surface area contributed by atoms with Crippen molar-refractivity contribution in [2.45, 2.75) is 0 Å². The highest BCUT2D eigenvalue weighted by Crippen LogP contribution is 2.19. The van der Waals surface area contributed by atoms with E-state index >= 15 is 0 Å². The van der Waals surface area contributed by atoms with E-state index in [9.17, 15) is 14.0 Å². The average Bonchev–Trinajstić information content (AvgIpc) is 2.33. The Hall–Kier alpha value is -1.70. The van der Waals surface area contributed by atoms with E-state index in [0.29, 0.717) is 9.26 Å². The summed E-state index contributed by atoms with van der Waals surface area (Å²) in [5.41, 5.74) is 0.103. The maximum atomic E-state index is 12.9. The van der Waals surface area contributed by atoms with Gasteiger partial charge in [0, 0.05) is 22.0 Å². The number of carbonyl (C=O) groups excluding carboxylic acids is 1. The number of benzene rings is 1. The Morgan fingerprint density at radius 2 is 2.11 bits per heavy atom. The molecule has 6 heteroatoms. The van der Waals surface area contributed by atoms with E-state index in [-0.39, 0.29) is 16.8 Å². The number of aromatic amines is 1. The number of aromatic nitrogens is 1. The molecule has 0 aliphatic rings. The maximum absolute atomic E-state index is 12.9. The Kier molecular flexibility index (Phi) is 3.75. The number of nitrogens with one attached hydrogen (secondary N) is 2. The van der Waals surface area contributed by atoms with Gasteiger partial charge in [0.25, 0.3) is 5.91 Å². The molecule has 0 saturated heterocycles. The highest BCUT2D eigenvalue weighted by Gasteiger charge is 2.11. The van der Waals surface area contributed by atoms with Crippen LogP contribution in [0.25, 0.3) is 0 Å². The molecular weight excluding hydrogens is 350 g/mol. The minimum absolute atomic E-state index is 0.0117.